The van der Waals surface area contributed by atoms with E-state index in [0.29, 0.717) is 34.7 Å². The molecular formula is C20H17BrIN3O4. The zero-order valence-electron chi connectivity index (χ0n) is 15.4. The molecule has 3 amide bonds. The van der Waals surface area contributed by atoms with Gasteiger partial charge in [0.15, 0.2) is 11.5 Å². The molecule has 3 N–H and O–H groups in total. The summed E-state index contributed by atoms with van der Waals surface area (Å²) < 4.78 is 13.3. The van der Waals surface area contributed by atoms with E-state index in [1.54, 1.807) is 18.2 Å². The van der Waals surface area contributed by atoms with Gasteiger partial charge in [0.05, 0.1) is 11.1 Å². The number of rotatable bonds is 7. The van der Waals surface area contributed by atoms with Crippen LogP contribution in [0.3, 0.4) is 0 Å². The summed E-state index contributed by atoms with van der Waals surface area (Å²) in [7, 11) is 0. The number of benzene rings is 2. The van der Waals surface area contributed by atoms with Crippen molar-refractivity contribution < 1.29 is 19.1 Å². The second kappa shape index (κ2) is 10.8. The predicted octanol–water partition coefficient (Wildman–Crippen LogP) is 4.13. The lowest BCUT2D eigenvalue weighted by Gasteiger charge is -2.15. The number of hydrogen-bond acceptors (Lipinski definition) is 5. The van der Waals surface area contributed by atoms with Crippen LogP contribution < -0.4 is 20.5 Å². The monoisotopic (exact) mass is 569 g/mol. The van der Waals surface area contributed by atoms with Gasteiger partial charge in [-0.15, -0.1) is 0 Å². The minimum Gasteiger partial charge on any atom is -0.490 e. The first kappa shape index (κ1) is 22.7. The fraction of sp³-hybridized carbons (Fsp3) is 0.150. The maximum absolute atomic E-state index is 11.9. The van der Waals surface area contributed by atoms with E-state index < -0.39 is 11.9 Å². The number of nitriles is 1. The number of carbonyl (C=O) groups is 2. The Morgan fingerprint density at radius 2 is 1.97 bits per heavy atom. The van der Waals surface area contributed by atoms with E-state index in [2.05, 4.69) is 38.5 Å². The third-order valence-corrected chi connectivity index (χ3v) is 4.85. The average molecular weight is 570 g/mol. The van der Waals surface area contributed by atoms with Crippen LogP contribution in [0.2, 0.25) is 0 Å². The summed E-state index contributed by atoms with van der Waals surface area (Å²) in [6, 6.07) is 12.0. The van der Waals surface area contributed by atoms with Crippen LogP contribution in [0, 0.1) is 14.9 Å². The summed E-state index contributed by atoms with van der Waals surface area (Å²) in [5.74, 6) is 0.0713. The fourth-order valence-electron chi connectivity index (χ4n) is 2.30. The summed E-state index contributed by atoms with van der Waals surface area (Å²) in [5.41, 5.74) is 6.16. The average Bonchev–Trinajstić information content (AvgIpc) is 2.66. The molecule has 7 nitrogen and oxygen atoms in total. The van der Waals surface area contributed by atoms with Gasteiger partial charge >= 0.3 is 6.03 Å². The molecule has 0 unspecified atom stereocenters. The second-order valence-electron chi connectivity index (χ2n) is 5.67. The van der Waals surface area contributed by atoms with E-state index in [1.807, 2.05) is 36.5 Å². The van der Waals surface area contributed by atoms with Gasteiger partial charge in [0.2, 0.25) is 0 Å². The first-order valence-corrected chi connectivity index (χ1v) is 10.3. The van der Waals surface area contributed by atoms with Crippen LogP contribution in [0.25, 0.3) is 6.08 Å². The highest BCUT2D eigenvalue weighted by Crippen LogP contribution is 2.38. The number of nitrogens with zero attached hydrogens (tertiary/aromatic N) is 1. The summed E-state index contributed by atoms with van der Waals surface area (Å²) in [5, 5.41) is 11.1. The summed E-state index contributed by atoms with van der Waals surface area (Å²) in [4.78, 5) is 22.7. The third-order valence-electron chi connectivity index (χ3n) is 3.54. The van der Waals surface area contributed by atoms with Crippen LogP contribution in [0.15, 0.2) is 46.4 Å². The van der Waals surface area contributed by atoms with Crippen molar-refractivity contribution in [1.82, 2.24) is 5.32 Å². The first-order valence-electron chi connectivity index (χ1n) is 8.40. The molecule has 0 saturated heterocycles. The molecular weight excluding hydrogens is 553 g/mol. The minimum atomic E-state index is -1.04. The van der Waals surface area contributed by atoms with Crippen LogP contribution in [0.5, 0.6) is 11.5 Å². The van der Waals surface area contributed by atoms with Gasteiger partial charge < -0.3 is 15.2 Å². The Morgan fingerprint density at radius 1 is 1.28 bits per heavy atom. The van der Waals surface area contributed by atoms with Gasteiger partial charge in [0, 0.05) is 3.57 Å². The van der Waals surface area contributed by atoms with Crippen LogP contribution in [-0.4, -0.2) is 18.5 Å². The number of urea groups is 1. The lowest BCUT2D eigenvalue weighted by molar-refractivity contribution is -0.115. The Morgan fingerprint density at radius 3 is 2.55 bits per heavy atom. The molecule has 0 saturated carbocycles. The summed E-state index contributed by atoms with van der Waals surface area (Å²) in [6.45, 7) is 2.57. The van der Waals surface area contributed by atoms with Crippen molar-refractivity contribution in [3.8, 4) is 17.6 Å². The number of ether oxygens (including phenoxy) is 2. The number of hydrogen-bond donors (Lipinski definition) is 2. The van der Waals surface area contributed by atoms with Crippen molar-refractivity contribution in [3.05, 3.63) is 61.1 Å². The number of carbonyl (C=O) groups excluding carboxylic acids is 2. The van der Waals surface area contributed by atoms with Crippen molar-refractivity contribution in [2.24, 2.45) is 5.73 Å². The van der Waals surface area contributed by atoms with Gasteiger partial charge in [-0.25, -0.2) is 4.79 Å². The molecule has 9 heteroatoms. The van der Waals surface area contributed by atoms with Crippen molar-refractivity contribution in [1.29, 1.82) is 5.26 Å². The van der Waals surface area contributed by atoms with Crippen molar-refractivity contribution in [2.45, 2.75) is 13.5 Å². The van der Waals surface area contributed by atoms with E-state index >= 15 is 0 Å². The zero-order chi connectivity index (χ0) is 21.4. The Balaban J connectivity index is 2.32. The predicted molar refractivity (Wildman–Crippen MR) is 120 cm³/mol. The molecule has 0 aliphatic carbocycles. The van der Waals surface area contributed by atoms with E-state index in [-0.39, 0.29) is 5.57 Å². The third kappa shape index (κ3) is 6.76. The molecule has 29 heavy (non-hydrogen) atoms. The molecule has 0 aromatic heterocycles. The number of nitrogens with one attached hydrogen (secondary N) is 1. The molecule has 0 bridgehead atoms. The molecule has 2 aromatic rings. The number of amides is 3. The largest absolute Gasteiger partial charge is 0.490 e. The van der Waals surface area contributed by atoms with Gasteiger partial charge in [-0.1, -0.05) is 12.1 Å². The van der Waals surface area contributed by atoms with E-state index in [1.165, 1.54) is 6.08 Å². The van der Waals surface area contributed by atoms with Crippen LogP contribution >= 0.6 is 38.5 Å². The molecule has 150 valence electrons. The highest BCUT2D eigenvalue weighted by molar-refractivity contribution is 14.1. The Hall–Kier alpha value is -2.58. The lowest BCUT2D eigenvalue weighted by atomic mass is 10.1. The highest BCUT2D eigenvalue weighted by atomic mass is 127. The Bertz CT molecular complexity index is 984. The molecule has 0 aliphatic rings. The second-order valence-corrected chi connectivity index (χ2v) is 7.77. The van der Waals surface area contributed by atoms with Gasteiger partial charge in [0.1, 0.15) is 18.2 Å². The summed E-state index contributed by atoms with van der Waals surface area (Å²) in [6.07, 6.45) is 1.33. The van der Waals surface area contributed by atoms with Crippen LogP contribution in [0.1, 0.15) is 18.1 Å². The smallest absolute Gasteiger partial charge is 0.319 e. The molecule has 0 heterocycles. The van der Waals surface area contributed by atoms with E-state index in [9.17, 15) is 14.9 Å². The van der Waals surface area contributed by atoms with Gasteiger partial charge in [-0.05, 0) is 86.9 Å². The fourth-order valence-corrected chi connectivity index (χ4v) is 3.24. The van der Waals surface area contributed by atoms with Gasteiger partial charge in [-0.2, -0.15) is 5.26 Å². The number of primary amides is 1. The number of imide groups is 1. The molecule has 0 aliphatic heterocycles. The normalized spacial score (nSPS) is 10.8. The van der Waals surface area contributed by atoms with Gasteiger partial charge in [0.25, 0.3) is 5.91 Å². The SMILES string of the molecule is CCOc1cc(/C=C(/C#N)C(=O)NC(N)=O)cc(Br)c1OCc1ccc(I)cc1. The number of halogens is 2. The molecule has 0 spiro atoms. The molecule has 0 fully saturated rings. The van der Waals surface area contributed by atoms with Crippen molar-refractivity contribution in [2.75, 3.05) is 6.61 Å². The van der Waals surface area contributed by atoms with Gasteiger partial charge in [-0.3, -0.25) is 10.1 Å². The first-order chi connectivity index (χ1) is 13.8. The zero-order valence-corrected chi connectivity index (χ0v) is 19.1. The maximum Gasteiger partial charge on any atom is 0.319 e. The number of nitrogens with two attached hydrogens (primary N) is 1. The van der Waals surface area contributed by atoms with Crippen LogP contribution in [0.4, 0.5) is 4.79 Å². The Kier molecular flexibility index (Phi) is 8.48. The highest BCUT2D eigenvalue weighted by Gasteiger charge is 2.15. The minimum absolute atomic E-state index is 0.272. The molecule has 2 aromatic carbocycles. The van der Waals surface area contributed by atoms with E-state index in [0.717, 1.165) is 9.13 Å². The van der Waals surface area contributed by atoms with Crippen molar-refractivity contribution >= 4 is 56.5 Å². The van der Waals surface area contributed by atoms with Crippen molar-refractivity contribution in [3.63, 3.8) is 0 Å². The summed E-state index contributed by atoms with van der Waals surface area (Å²) >= 11 is 5.68. The van der Waals surface area contributed by atoms with Crippen LogP contribution in [-0.2, 0) is 11.4 Å². The molecule has 0 radical (unpaired) electrons. The van der Waals surface area contributed by atoms with E-state index in [4.69, 9.17) is 15.2 Å². The topological polar surface area (TPSA) is 114 Å². The molecule has 0 atom stereocenters. The maximum atomic E-state index is 11.9. The standard InChI is InChI=1S/C20H17BrIN3O4/c1-2-28-17-9-13(7-14(10-23)19(26)25-20(24)27)8-16(21)18(17)29-11-12-3-5-15(22)6-4-12/h3-9H,2,11H2,1H3,(H3,24,25,26,27)/b14-7-. The Labute approximate surface area is 190 Å². The quantitative estimate of drug-likeness (QED) is 0.295. The lowest BCUT2D eigenvalue weighted by Crippen LogP contribution is -2.35. The molecule has 2 rings (SSSR count).